The van der Waals surface area contributed by atoms with Gasteiger partial charge in [0.1, 0.15) is 57.2 Å². The van der Waals surface area contributed by atoms with E-state index in [1.807, 2.05) is 88.9 Å². The van der Waals surface area contributed by atoms with Crippen molar-refractivity contribution >= 4 is 41.1 Å². The van der Waals surface area contributed by atoms with Crippen molar-refractivity contribution in [3.8, 4) is 11.4 Å². The molecule has 2 aliphatic heterocycles. The van der Waals surface area contributed by atoms with Crippen LogP contribution >= 0.6 is 0 Å². The number of aromatic nitrogens is 2. The van der Waals surface area contributed by atoms with Gasteiger partial charge in [-0.1, -0.05) is 147 Å². The van der Waals surface area contributed by atoms with Gasteiger partial charge in [0.15, 0.2) is 0 Å². The molecular weight excluding hydrogens is 1310 g/mol. The lowest BCUT2D eigenvalue weighted by Crippen LogP contribution is -2.43. The molecule has 0 bridgehead atoms. The normalized spacial score (nSPS) is 13.0. The maximum absolute atomic E-state index is 11.7. The summed E-state index contributed by atoms with van der Waals surface area (Å²) in [6.45, 7) is 36.7. The predicted octanol–water partition coefficient (Wildman–Crippen LogP) is 14.3. The highest BCUT2D eigenvalue weighted by molar-refractivity contribution is 5.79. The van der Waals surface area contributed by atoms with E-state index in [1.54, 1.807) is 31.1 Å². The summed E-state index contributed by atoms with van der Waals surface area (Å²) >= 11 is 0. The van der Waals surface area contributed by atoms with E-state index in [9.17, 15) is 29.1 Å². The highest BCUT2D eigenvalue weighted by Crippen LogP contribution is 2.21. The number of carbonyl (C=O) groups excluding carboxylic acids is 5. The number of hydrogen-bond acceptors (Lipinski definition) is 21. The lowest BCUT2D eigenvalue weighted by molar-refractivity contribution is -0.142. The number of likely N-dealkylation sites (tertiary alicyclic amines) is 2. The Labute approximate surface area is 615 Å². The van der Waals surface area contributed by atoms with E-state index < -0.39 is 5.60 Å². The van der Waals surface area contributed by atoms with Gasteiger partial charge in [0.2, 0.25) is 0 Å². The first-order chi connectivity index (χ1) is 49.0. The summed E-state index contributed by atoms with van der Waals surface area (Å²) in [5, 5.41) is 9.31. The second-order valence-corrected chi connectivity index (χ2v) is 27.1. The topological polar surface area (TPSA) is 252 Å². The van der Waals surface area contributed by atoms with Crippen LogP contribution in [0.25, 0.3) is 22.4 Å². The Kier molecular flexibility index (Phi) is 60.4. The summed E-state index contributed by atoms with van der Waals surface area (Å²) in [5.41, 5.74) is 2.45. The maximum atomic E-state index is 11.7. The van der Waals surface area contributed by atoms with Crippen molar-refractivity contribution in [2.24, 2.45) is 0 Å². The molecule has 1 aromatic heterocycles. The summed E-state index contributed by atoms with van der Waals surface area (Å²) in [5.74, 6) is -0.114. The molecule has 0 unspecified atom stereocenters. The van der Waals surface area contributed by atoms with E-state index in [-0.39, 0.29) is 61.6 Å². The van der Waals surface area contributed by atoms with Gasteiger partial charge in [-0.25, -0.2) is 14.6 Å². The van der Waals surface area contributed by atoms with E-state index in [1.165, 1.54) is 137 Å². The van der Waals surface area contributed by atoms with Crippen LogP contribution in [0.15, 0.2) is 54.6 Å². The van der Waals surface area contributed by atoms with E-state index in [0.29, 0.717) is 85.8 Å². The number of aromatic amines is 1. The molecule has 0 atom stereocenters. The van der Waals surface area contributed by atoms with Crippen LogP contribution in [-0.4, -0.2) is 253 Å². The maximum Gasteiger partial charge on any atom is 0.410 e. The number of aliphatic hydroxyl groups is 1. The number of imidazole rings is 1. The van der Waals surface area contributed by atoms with Gasteiger partial charge in [0.05, 0.1) is 37.0 Å². The van der Waals surface area contributed by atoms with Gasteiger partial charge >= 0.3 is 30.1 Å². The number of nitrogens with zero attached hydrogens (tertiary/aromatic N) is 6. The van der Waals surface area contributed by atoms with E-state index >= 15 is 0 Å². The van der Waals surface area contributed by atoms with Gasteiger partial charge in [-0.2, -0.15) is 0 Å². The Balaban J connectivity index is 0.00000121. The number of amides is 2. The van der Waals surface area contributed by atoms with Crippen LogP contribution in [0.4, 0.5) is 9.59 Å². The zero-order chi connectivity index (χ0) is 75.9. The molecule has 24 nitrogen and oxygen atoms in total. The van der Waals surface area contributed by atoms with Crippen LogP contribution in [-0.2, 0) is 66.5 Å². The van der Waals surface area contributed by atoms with Crippen molar-refractivity contribution in [1.29, 1.82) is 0 Å². The van der Waals surface area contributed by atoms with Gasteiger partial charge < -0.3 is 76.9 Å². The smallest absolute Gasteiger partial charge is 0.410 e. The van der Waals surface area contributed by atoms with Crippen LogP contribution in [0.2, 0.25) is 0 Å². The minimum absolute atomic E-state index is 0.167. The van der Waals surface area contributed by atoms with E-state index in [2.05, 4.69) is 52.7 Å². The number of rotatable bonds is 45. The SMILES string of the molecule is CC(=O)OCCN(CCOC(C)=O)CCOC(C)=O.CC(C)(C)OC(=O)N1CCCC1.CCC(C)(C)OC(=O)N1CCC(O)CC1.CCCCCCCN(CCCCCCC)CCCCCCC.COCOCCN(CCOCOC)CCOCOC.c1ccc(-c2nc3ccccc3[nH]2)cc1. The number of aliphatic hydroxyl groups excluding tert-OH is 1. The third-order valence-electron chi connectivity index (χ3n) is 16.3. The summed E-state index contributed by atoms with van der Waals surface area (Å²) in [6.07, 6.45) is 24.9. The molecule has 2 N–H and O–H groups in total. The summed E-state index contributed by atoms with van der Waals surface area (Å²) in [7, 11) is 4.82. The molecule has 2 amide bonds. The Morgan fingerprint density at radius 2 is 0.843 bits per heavy atom. The number of unbranched alkanes of at least 4 members (excludes halogenated alkanes) is 12. The fourth-order valence-electron chi connectivity index (χ4n) is 10.1. The average molecular weight is 1450 g/mol. The largest absolute Gasteiger partial charge is 0.465 e. The van der Waals surface area contributed by atoms with Crippen LogP contribution in [0.3, 0.4) is 0 Å². The Morgan fingerprint density at radius 1 is 0.480 bits per heavy atom. The quantitative estimate of drug-likeness (QED) is 0.0231. The predicted molar refractivity (Wildman–Crippen MR) is 405 cm³/mol. The van der Waals surface area contributed by atoms with Crippen molar-refractivity contribution in [2.45, 2.75) is 229 Å². The standard InChI is InChI=1S/C21H45N.C13H10N2.C12H27NO6.C12H21NO6.C11H21NO3.C9H17NO2/c1-4-7-10-13-16-19-22(20-17-14-11-8-5-2)21-18-15-12-9-6-3;1-2-6-10(7-3-1)13-14-11-8-4-5-9-12(11)15-13;1-14-10-17-7-4-13(5-8-18-11-15-2)6-9-19-12-16-3;1-10(14)17-7-4-13(5-8-18-11(2)15)6-9-19-12(3)16;1-4-11(2,3)15-10(14)12-7-5-9(13)6-8-12;1-9(2,3)12-8(11)10-6-4-5-7-10/h4-21H2,1-3H3;1-9H,(H,14,15);4-12H2,1-3H3;4-9H2,1-3H3;9,13H,4-8H2,1-3H3;4-7H2,1-3H3. The lowest BCUT2D eigenvalue weighted by atomic mass is 10.1. The van der Waals surface area contributed by atoms with Crippen LogP contribution < -0.4 is 0 Å². The minimum Gasteiger partial charge on any atom is -0.465 e. The van der Waals surface area contributed by atoms with E-state index in [0.717, 1.165) is 74.4 Å². The zero-order valence-electron chi connectivity index (χ0n) is 66.1. The molecule has 24 heteroatoms. The summed E-state index contributed by atoms with van der Waals surface area (Å²) in [6, 6.07) is 18.2. The molecular formula is C78H141N7O17. The van der Waals surface area contributed by atoms with Gasteiger partial charge in [-0.05, 0) is 118 Å². The monoisotopic (exact) mass is 1450 g/mol. The van der Waals surface area contributed by atoms with E-state index in [4.69, 9.17) is 52.1 Å². The van der Waals surface area contributed by atoms with Crippen molar-refractivity contribution in [3.63, 3.8) is 0 Å². The molecule has 102 heavy (non-hydrogen) atoms. The molecule has 2 aliphatic rings. The minimum atomic E-state index is -0.396. The Hall–Kier alpha value is -5.54. The summed E-state index contributed by atoms with van der Waals surface area (Å²) in [4.78, 5) is 73.1. The molecule has 0 spiro atoms. The van der Waals surface area contributed by atoms with Crippen LogP contribution in [0.1, 0.15) is 212 Å². The first-order valence-electron chi connectivity index (χ1n) is 37.9. The van der Waals surface area contributed by atoms with Crippen molar-refractivity contribution in [1.82, 2.24) is 34.5 Å². The number of methoxy groups -OCH3 is 3. The fraction of sp³-hybridized carbons (Fsp3) is 0.769. The van der Waals surface area contributed by atoms with Crippen molar-refractivity contribution in [2.75, 3.05) is 166 Å². The molecule has 2 fully saturated rings. The molecule has 2 saturated heterocycles. The average Bonchev–Trinajstić information content (AvgIpc) is 1.70. The third kappa shape index (κ3) is 56.9. The summed E-state index contributed by atoms with van der Waals surface area (Å²) < 4.78 is 55.4. The highest BCUT2D eigenvalue weighted by Gasteiger charge is 2.28. The molecule has 3 aromatic rings. The second-order valence-electron chi connectivity index (χ2n) is 27.1. The Bertz CT molecular complexity index is 2330. The first-order valence-corrected chi connectivity index (χ1v) is 37.9. The third-order valence-corrected chi connectivity index (χ3v) is 16.3. The highest BCUT2D eigenvalue weighted by atomic mass is 16.7. The zero-order valence-corrected chi connectivity index (χ0v) is 66.1. The molecule has 3 heterocycles. The van der Waals surface area contributed by atoms with Crippen LogP contribution in [0, 0.1) is 0 Å². The lowest BCUT2D eigenvalue weighted by Gasteiger charge is -2.32. The molecule has 0 aliphatic carbocycles. The van der Waals surface area contributed by atoms with Crippen molar-refractivity contribution in [3.05, 3.63) is 54.6 Å². The number of carbonyl (C=O) groups is 5. The van der Waals surface area contributed by atoms with Crippen LogP contribution in [0.5, 0.6) is 0 Å². The van der Waals surface area contributed by atoms with Gasteiger partial charge in [0.25, 0.3) is 0 Å². The molecule has 590 valence electrons. The van der Waals surface area contributed by atoms with Gasteiger partial charge in [-0.3, -0.25) is 24.2 Å². The number of fused-ring (bicyclic) bond motifs is 1. The Morgan fingerprint density at radius 3 is 1.22 bits per heavy atom. The number of ether oxygens (including phenoxy) is 11. The number of hydrogen-bond donors (Lipinski definition) is 2. The van der Waals surface area contributed by atoms with Crippen molar-refractivity contribution < 1.29 is 81.2 Å². The molecule has 0 radical (unpaired) electrons. The number of benzene rings is 2. The second kappa shape index (κ2) is 63.9. The first kappa shape index (κ1) is 96.5. The van der Waals surface area contributed by atoms with Gasteiger partial charge in [-0.15, -0.1) is 0 Å². The number of H-pyrrole nitrogens is 1. The molecule has 2 aromatic carbocycles. The number of nitrogens with one attached hydrogen (secondary N) is 1. The number of para-hydroxylation sites is 2. The van der Waals surface area contributed by atoms with Gasteiger partial charge in [0, 0.05) is 113 Å². The number of esters is 3. The molecule has 0 saturated carbocycles. The number of piperidine rings is 1. The fourth-order valence-corrected chi connectivity index (χ4v) is 10.1. The molecule has 5 rings (SSSR count).